The number of hydrogen-bond donors (Lipinski definition) is 3. The number of carbonyl (C=O) groups is 2. The van der Waals surface area contributed by atoms with E-state index in [9.17, 15) is 14.0 Å². The third-order valence-electron chi connectivity index (χ3n) is 4.57. The minimum Gasteiger partial charge on any atom is -0.347 e. The fourth-order valence-corrected chi connectivity index (χ4v) is 3.02. The van der Waals surface area contributed by atoms with Gasteiger partial charge in [0.2, 0.25) is 0 Å². The molecule has 1 saturated heterocycles. The summed E-state index contributed by atoms with van der Waals surface area (Å²) in [6.07, 6.45) is 4.59. The van der Waals surface area contributed by atoms with E-state index in [0.717, 1.165) is 24.9 Å². The lowest BCUT2D eigenvalue weighted by atomic mass is 9.99. The molecular formula is C19H22FN5O2. The number of nitrogens with zero attached hydrogens (tertiary/aromatic N) is 2. The van der Waals surface area contributed by atoms with Gasteiger partial charge in [0.1, 0.15) is 5.82 Å². The summed E-state index contributed by atoms with van der Waals surface area (Å²) in [6.45, 7) is 3.13. The molecule has 0 spiro atoms. The SMILES string of the molecule is CC1NCCCC1NC(=O)c1nccnc1C(=O)NCc1ccc(F)cc1. The predicted molar refractivity (Wildman–Crippen MR) is 97.6 cm³/mol. The Morgan fingerprint density at radius 2 is 1.81 bits per heavy atom. The molecule has 1 aliphatic rings. The summed E-state index contributed by atoms with van der Waals surface area (Å²) in [5.74, 6) is -1.27. The van der Waals surface area contributed by atoms with Gasteiger partial charge in [-0.05, 0) is 44.0 Å². The lowest BCUT2D eigenvalue weighted by Gasteiger charge is -2.30. The second kappa shape index (κ2) is 8.68. The number of halogens is 1. The summed E-state index contributed by atoms with van der Waals surface area (Å²) < 4.78 is 13.0. The van der Waals surface area contributed by atoms with Crippen LogP contribution in [0.15, 0.2) is 36.7 Å². The molecule has 7 nitrogen and oxygen atoms in total. The largest absolute Gasteiger partial charge is 0.347 e. The van der Waals surface area contributed by atoms with Gasteiger partial charge in [-0.25, -0.2) is 14.4 Å². The first kappa shape index (κ1) is 18.9. The van der Waals surface area contributed by atoms with Crippen molar-refractivity contribution in [1.29, 1.82) is 0 Å². The van der Waals surface area contributed by atoms with Crippen molar-refractivity contribution in [2.75, 3.05) is 6.54 Å². The van der Waals surface area contributed by atoms with Gasteiger partial charge in [0.05, 0.1) is 0 Å². The fourth-order valence-electron chi connectivity index (χ4n) is 3.02. The second-order valence-corrected chi connectivity index (χ2v) is 6.53. The van der Waals surface area contributed by atoms with E-state index < -0.39 is 11.8 Å². The van der Waals surface area contributed by atoms with E-state index in [0.29, 0.717) is 0 Å². The normalized spacial score (nSPS) is 19.3. The van der Waals surface area contributed by atoms with Gasteiger partial charge >= 0.3 is 0 Å². The summed E-state index contributed by atoms with van der Waals surface area (Å²) in [5, 5.41) is 8.93. The maximum Gasteiger partial charge on any atom is 0.272 e. The van der Waals surface area contributed by atoms with Crippen molar-refractivity contribution in [3.63, 3.8) is 0 Å². The fraction of sp³-hybridized carbons (Fsp3) is 0.368. The molecule has 1 aliphatic heterocycles. The van der Waals surface area contributed by atoms with E-state index in [1.54, 1.807) is 12.1 Å². The van der Waals surface area contributed by atoms with Gasteiger partial charge in [0.15, 0.2) is 11.4 Å². The third kappa shape index (κ3) is 4.85. The molecule has 2 unspecified atom stereocenters. The Labute approximate surface area is 156 Å². The highest BCUT2D eigenvalue weighted by atomic mass is 19.1. The highest BCUT2D eigenvalue weighted by Gasteiger charge is 2.26. The summed E-state index contributed by atoms with van der Waals surface area (Å²) in [5.41, 5.74) is 0.696. The van der Waals surface area contributed by atoms with Crippen LogP contribution < -0.4 is 16.0 Å². The molecule has 0 bridgehead atoms. The predicted octanol–water partition coefficient (Wildman–Crippen LogP) is 1.42. The summed E-state index contributed by atoms with van der Waals surface area (Å²) in [4.78, 5) is 33.2. The van der Waals surface area contributed by atoms with E-state index in [-0.39, 0.29) is 35.8 Å². The quantitative estimate of drug-likeness (QED) is 0.739. The molecule has 1 aromatic heterocycles. The first-order chi connectivity index (χ1) is 13.0. The van der Waals surface area contributed by atoms with Crippen molar-refractivity contribution >= 4 is 11.8 Å². The summed E-state index contributed by atoms with van der Waals surface area (Å²) in [7, 11) is 0. The van der Waals surface area contributed by atoms with Crippen LogP contribution in [0.3, 0.4) is 0 Å². The minimum atomic E-state index is -0.507. The number of rotatable bonds is 5. The van der Waals surface area contributed by atoms with Gasteiger partial charge in [0.25, 0.3) is 11.8 Å². The molecule has 1 aromatic carbocycles. The summed E-state index contributed by atoms with van der Waals surface area (Å²) in [6, 6.07) is 5.93. The van der Waals surface area contributed by atoms with Crippen molar-refractivity contribution in [1.82, 2.24) is 25.9 Å². The lowest BCUT2D eigenvalue weighted by molar-refractivity contribution is 0.0889. The van der Waals surface area contributed by atoms with Crippen LogP contribution in [0.2, 0.25) is 0 Å². The van der Waals surface area contributed by atoms with E-state index in [1.807, 2.05) is 6.92 Å². The zero-order valence-corrected chi connectivity index (χ0v) is 15.0. The van der Waals surface area contributed by atoms with Gasteiger partial charge < -0.3 is 16.0 Å². The number of amides is 2. The van der Waals surface area contributed by atoms with Crippen LogP contribution in [-0.2, 0) is 6.54 Å². The van der Waals surface area contributed by atoms with Crippen molar-refractivity contribution in [3.05, 3.63) is 59.4 Å². The monoisotopic (exact) mass is 371 g/mol. The van der Waals surface area contributed by atoms with Crippen LogP contribution >= 0.6 is 0 Å². The zero-order valence-electron chi connectivity index (χ0n) is 15.0. The number of carbonyl (C=O) groups excluding carboxylic acids is 2. The van der Waals surface area contributed by atoms with Gasteiger partial charge in [0, 0.05) is 31.0 Å². The number of piperidine rings is 1. The maximum absolute atomic E-state index is 13.0. The molecule has 2 amide bonds. The van der Waals surface area contributed by atoms with Crippen LogP contribution in [0.4, 0.5) is 4.39 Å². The molecule has 3 rings (SSSR count). The Balaban J connectivity index is 1.67. The number of aromatic nitrogens is 2. The molecule has 0 radical (unpaired) electrons. The Hall–Kier alpha value is -2.87. The van der Waals surface area contributed by atoms with E-state index >= 15 is 0 Å². The van der Waals surface area contributed by atoms with Crippen LogP contribution in [0.25, 0.3) is 0 Å². The molecule has 27 heavy (non-hydrogen) atoms. The molecule has 1 fully saturated rings. The maximum atomic E-state index is 13.0. The molecule has 2 aromatic rings. The zero-order chi connectivity index (χ0) is 19.2. The molecule has 0 saturated carbocycles. The Kier molecular flexibility index (Phi) is 6.08. The molecule has 2 atom stereocenters. The highest BCUT2D eigenvalue weighted by Crippen LogP contribution is 2.10. The van der Waals surface area contributed by atoms with Gasteiger partial charge in [-0.15, -0.1) is 0 Å². The molecule has 8 heteroatoms. The topological polar surface area (TPSA) is 96.0 Å². The average Bonchev–Trinajstić information content (AvgIpc) is 2.69. The smallest absolute Gasteiger partial charge is 0.272 e. The molecule has 0 aliphatic carbocycles. The standard InChI is InChI=1S/C19H22FN5O2/c1-12-15(3-2-8-21-12)25-19(27)17-16(22-9-10-23-17)18(26)24-11-13-4-6-14(20)7-5-13/h4-7,9-10,12,15,21H,2-3,8,11H2,1H3,(H,24,26)(H,25,27). The van der Waals surface area contributed by atoms with E-state index in [1.165, 1.54) is 24.5 Å². The highest BCUT2D eigenvalue weighted by molar-refractivity contribution is 6.04. The first-order valence-electron chi connectivity index (χ1n) is 8.92. The van der Waals surface area contributed by atoms with E-state index in [4.69, 9.17) is 0 Å². The Morgan fingerprint density at radius 1 is 1.15 bits per heavy atom. The first-order valence-corrected chi connectivity index (χ1v) is 8.92. The van der Waals surface area contributed by atoms with Crippen LogP contribution in [0, 0.1) is 5.82 Å². The van der Waals surface area contributed by atoms with Gasteiger partial charge in [-0.1, -0.05) is 12.1 Å². The van der Waals surface area contributed by atoms with Crippen molar-refractivity contribution < 1.29 is 14.0 Å². The van der Waals surface area contributed by atoms with Crippen LogP contribution in [0.1, 0.15) is 46.3 Å². The van der Waals surface area contributed by atoms with E-state index in [2.05, 4.69) is 25.9 Å². The number of nitrogens with one attached hydrogen (secondary N) is 3. The third-order valence-corrected chi connectivity index (χ3v) is 4.57. The molecule has 142 valence electrons. The van der Waals surface area contributed by atoms with Crippen molar-refractivity contribution in [2.45, 2.75) is 38.4 Å². The van der Waals surface area contributed by atoms with Crippen molar-refractivity contribution in [3.8, 4) is 0 Å². The van der Waals surface area contributed by atoms with Gasteiger partial charge in [-0.2, -0.15) is 0 Å². The Bertz CT molecular complexity index is 812. The van der Waals surface area contributed by atoms with Crippen molar-refractivity contribution in [2.24, 2.45) is 0 Å². The average molecular weight is 371 g/mol. The lowest BCUT2D eigenvalue weighted by Crippen LogP contribution is -2.52. The van der Waals surface area contributed by atoms with Gasteiger partial charge in [-0.3, -0.25) is 9.59 Å². The molecular weight excluding hydrogens is 349 g/mol. The van der Waals surface area contributed by atoms with Crippen LogP contribution in [-0.4, -0.2) is 40.4 Å². The minimum absolute atomic E-state index is 0.00752. The number of hydrogen-bond acceptors (Lipinski definition) is 5. The molecule has 3 N–H and O–H groups in total. The summed E-state index contributed by atoms with van der Waals surface area (Å²) >= 11 is 0. The molecule has 2 heterocycles. The Morgan fingerprint density at radius 3 is 2.48 bits per heavy atom. The second-order valence-electron chi connectivity index (χ2n) is 6.53. The number of benzene rings is 1. The van der Waals surface area contributed by atoms with Crippen LogP contribution in [0.5, 0.6) is 0 Å².